The molecule has 0 heterocycles. The summed E-state index contributed by atoms with van der Waals surface area (Å²) in [6.07, 6.45) is 13.7. The summed E-state index contributed by atoms with van der Waals surface area (Å²) in [5.74, 6) is 1.02. The highest BCUT2D eigenvalue weighted by Crippen LogP contribution is 2.12. The molecule has 0 unspecified atom stereocenters. The van der Waals surface area contributed by atoms with Crippen LogP contribution in [0.5, 0.6) is 5.75 Å². The van der Waals surface area contributed by atoms with Gasteiger partial charge in [-0.1, -0.05) is 101 Å². The van der Waals surface area contributed by atoms with Crippen molar-refractivity contribution in [2.45, 2.75) is 83.0 Å². The lowest BCUT2D eigenvalue weighted by Gasteiger charge is -2.06. The summed E-state index contributed by atoms with van der Waals surface area (Å²) in [6, 6.07) is 25.3. The van der Waals surface area contributed by atoms with Gasteiger partial charge in [0.1, 0.15) is 15.9 Å². The molecule has 0 aliphatic rings. The van der Waals surface area contributed by atoms with Crippen LogP contribution in [-0.4, -0.2) is 19.6 Å². The molecule has 3 rings (SSSR count). The predicted molar refractivity (Wildman–Crippen MR) is 147 cm³/mol. The average molecular weight is 637 g/mol. The summed E-state index contributed by atoms with van der Waals surface area (Å²) in [4.78, 5) is -0.178. The fourth-order valence-electron chi connectivity index (χ4n) is 3.68. The number of ether oxygens (including phenoxy) is 1. The molecule has 0 saturated heterocycles. The highest BCUT2D eigenvalue weighted by atomic mass is 127. The molecule has 0 aromatic heterocycles. The lowest BCUT2D eigenvalue weighted by molar-refractivity contribution is -0.597. The van der Waals surface area contributed by atoms with Crippen LogP contribution in [0.4, 0.5) is 0 Å². The van der Waals surface area contributed by atoms with E-state index in [-0.39, 0.29) is 26.1 Å². The lowest BCUT2D eigenvalue weighted by atomic mass is 10.1. The van der Waals surface area contributed by atoms with Crippen LogP contribution in [0.25, 0.3) is 0 Å². The molecule has 0 fully saturated rings. The van der Waals surface area contributed by atoms with Crippen molar-refractivity contribution in [3.63, 3.8) is 0 Å². The van der Waals surface area contributed by atoms with Crippen LogP contribution in [-0.2, 0) is 10.1 Å². The minimum Gasteiger partial charge on any atom is -0.744 e. The van der Waals surface area contributed by atoms with Gasteiger partial charge in [-0.15, -0.1) is 0 Å². The number of unbranched alkanes of at least 4 members (excludes halogenated alkanes) is 9. The highest BCUT2D eigenvalue weighted by Gasteiger charge is 2.14. The third-order valence-corrected chi connectivity index (χ3v) is 9.37. The van der Waals surface area contributed by atoms with Gasteiger partial charge >= 0.3 is 21.2 Å². The molecule has 3 aromatic carbocycles. The molecule has 3 aromatic rings. The fourth-order valence-corrected chi connectivity index (χ4v) is 6.36. The van der Waals surface area contributed by atoms with E-state index >= 15 is 0 Å². The molecule has 0 saturated carbocycles. The molecule has 0 bridgehead atoms. The van der Waals surface area contributed by atoms with Gasteiger partial charge in [-0.3, -0.25) is 0 Å². The molecule has 6 heteroatoms. The largest absolute Gasteiger partial charge is 0.744 e. The Bertz CT molecular complexity index is 1080. The molecule has 4 nitrogen and oxygen atoms in total. The maximum atomic E-state index is 10.4. The Kier molecular flexibility index (Phi) is 15.5. The topological polar surface area (TPSA) is 66.4 Å². The van der Waals surface area contributed by atoms with Crippen LogP contribution in [0.15, 0.2) is 83.8 Å². The second kappa shape index (κ2) is 18.4. The van der Waals surface area contributed by atoms with Crippen LogP contribution in [0.2, 0.25) is 0 Å². The molecule has 0 N–H and O–H groups in total. The van der Waals surface area contributed by atoms with Gasteiger partial charge in [-0.05, 0) is 61.9 Å². The normalized spacial score (nSPS) is 11.0. The van der Waals surface area contributed by atoms with Crippen molar-refractivity contribution >= 4 is 10.1 Å². The van der Waals surface area contributed by atoms with E-state index < -0.39 is 10.1 Å². The van der Waals surface area contributed by atoms with Gasteiger partial charge in [0.2, 0.25) is 0 Å². The van der Waals surface area contributed by atoms with E-state index in [2.05, 4.69) is 61.5 Å². The SMILES string of the molecule is CCCCCCCCCCCCOc1ccc([I+]c2ccccc2)cc1.Cc1ccc(S(=O)(=O)[O-])cc1. The molecule has 37 heavy (non-hydrogen) atoms. The lowest BCUT2D eigenvalue weighted by Crippen LogP contribution is -3.61. The van der Waals surface area contributed by atoms with Crippen LogP contribution in [0.1, 0.15) is 76.7 Å². The molecule has 202 valence electrons. The molecule has 0 amide bonds. The van der Waals surface area contributed by atoms with Crippen molar-refractivity contribution in [1.29, 1.82) is 0 Å². The minimum atomic E-state index is -4.27. The summed E-state index contributed by atoms with van der Waals surface area (Å²) >= 11 is -0.0711. The molecule has 0 aliphatic carbocycles. The van der Waals surface area contributed by atoms with Crippen LogP contribution >= 0.6 is 0 Å². The van der Waals surface area contributed by atoms with Crippen molar-refractivity contribution in [3.8, 4) is 5.75 Å². The van der Waals surface area contributed by atoms with Gasteiger partial charge in [-0.25, -0.2) is 8.42 Å². The number of halogens is 1. The number of hydrogen-bond acceptors (Lipinski definition) is 4. The Hall–Kier alpha value is -1.90. The first-order chi connectivity index (χ1) is 17.9. The molecule has 0 radical (unpaired) electrons. The molecule has 0 atom stereocenters. The second-order valence-corrected chi connectivity index (χ2v) is 13.6. The van der Waals surface area contributed by atoms with Gasteiger partial charge in [-0.2, -0.15) is 0 Å². The van der Waals surface area contributed by atoms with Gasteiger partial charge in [0.05, 0.1) is 11.5 Å². The van der Waals surface area contributed by atoms with Gasteiger partial charge in [0.25, 0.3) is 0 Å². The van der Waals surface area contributed by atoms with Gasteiger partial charge in [0, 0.05) is 0 Å². The predicted octanol–water partition coefficient (Wildman–Crippen LogP) is 5.01. The Morgan fingerprint density at radius 1 is 0.676 bits per heavy atom. The maximum absolute atomic E-state index is 10.4. The van der Waals surface area contributed by atoms with Crippen molar-refractivity contribution in [2.75, 3.05) is 6.61 Å². The van der Waals surface area contributed by atoms with E-state index in [4.69, 9.17) is 4.74 Å². The smallest absolute Gasteiger partial charge is 0.357 e. The van der Waals surface area contributed by atoms with Crippen molar-refractivity contribution in [3.05, 3.63) is 91.6 Å². The standard InChI is InChI=1S/C24H34IO.C7H8O3S/c1-2-3-4-5-6-7-8-9-10-14-21-26-24-19-17-23(18-20-24)25-22-15-12-11-13-16-22;1-6-2-4-7(5-3-6)11(8,9)10/h11-13,15-20H,2-10,14,21H2,1H3;2-5H,1H3,(H,8,9,10)/q+1;/p-1. The maximum Gasteiger partial charge on any atom is 0.357 e. The summed E-state index contributed by atoms with van der Waals surface area (Å²) < 4.78 is 40.0. The van der Waals surface area contributed by atoms with Crippen molar-refractivity contribution in [2.24, 2.45) is 0 Å². The average Bonchev–Trinajstić information content (AvgIpc) is 2.89. The van der Waals surface area contributed by atoms with Crippen molar-refractivity contribution < 1.29 is 38.9 Å². The van der Waals surface area contributed by atoms with E-state index in [0.29, 0.717) is 0 Å². The first-order valence-electron chi connectivity index (χ1n) is 13.3. The Balaban J connectivity index is 0.000000364. The molecule has 0 aliphatic heterocycles. The number of hydrogen-bond donors (Lipinski definition) is 0. The second-order valence-electron chi connectivity index (χ2n) is 9.14. The molecule has 0 spiro atoms. The number of benzene rings is 3. The summed E-state index contributed by atoms with van der Waals surface area (Å²) in [5.41, 5.74) is 0.928. The number of aryl methyl sites for hydroxylation is 1. The van der Waals surface area contributed by atoms with Crippen LogP contribution in [0, 0.1) is 14.1 Å². The summed E-state index contributed by atoms with van der Waals surface area (Å²) in [6.45, 7) is 4.95. The van der Waals surface area contributed by atoms with Crippen LogP contribution in [0.3, 0.4) is 0 Å². The monoisotopic (exact) mass is 636 g/mol. The fraction of sp³-hybridized carbons (Fsp3) is 0.419. The summed E-state index contributed by atoms with van der Waals surface area (Å²) in [5, 5.41) is 0. The van der Waals surface area contributed by atoms with Crippen molar-refractivity contribution in [1.82, 2.24) is 0 Å². The first kappa shape index (κ1) is 31.3. The van der Waals surface area contributed by atoms with Crippen LogP contribution < -0.4 is 25.9 Å². The van der Waals surface area contributed by atoms with E-state index in [0.717, 1.165) is 17.9 Å². The Morgan fingerprint density at radius 3 is 1.73 bits per heavy atom. The zero-order valence-electron chi connectivity index (χ0n) is 22.2. The molecular weight excluding hydrogens is 595 g/mol. The zero-order chi connectivity index (χ0) is 26.8. The number of rotatable bonds is 15. The molecular formula is C31H41IO4S. The first-order valence-corrected chi connectivity index (χ1v) is 16.9. The van der Waals surface area contributed by atoms with E-state index in [1.807, 2.05) is 6.92 Å². The quantitative estimate of drug-likeness (QED) is 0.134. The Morgan fingerprint density at radius 2 is 1.19 bits per heavy atom. The van der Waals surface area contributed by atoms with Gasteiger partial charge in [0.15, 0.2) is 7.14 Å². The zero-order valence-corrected chi connectivity index (χ0v) is 25.2. The van der Waals surface area contributed by atoms with E-state index in [1.54, 1.807) is 12.1 Å². The van der Waals surface area contributed by atoms with Gasteiger partial charge < -0.3 is 9.29 Å². The third kappa shape index (κ3) is 14.6. The summed E-state index contributed by atoms with van der Waals surface area (Å²) in [7, 11) is -4.27. The van der Waals surface area contributed by atoms with E-state index in [9.17, 15) is 13.0 Å². The minimum absolute atomic E-state index is 0.0711. The highest BCUT2D eigenvalue weighted by molar-refractivity contribution is 7.85. The van der Waals surface area contributed by atoms with E-state index in [1.165, 1.54) is 83.5 Å². The Labute approximate surface area is 234 Å². The third-order valence-electron chi connectivity index (χ3n) is 5.84.